The zero-order valence-corrected chi connectivity index (χ0v) is 15.6. The number of benzene rings is 1. The predicted octanol–water partition coefficient (Wildman–Crippen LogP) is 3.93. The average molecular weight is 360 g/mol. The molecular formula is C22H24N4O. The molecule has 0 radical (unpaired) electrons. The van der Waals surface area contributed by atoms with Gasteiger partial charge in [0.1, 0.15) is 5.75 Å². The topological polar surface area (TPSA) is 51.1 Å². The Bertz CT molecular complexity index is 884. The highest BCUT2D eigenvalue weighted by Crippen LogP contribution is 2.28. The Morgan fingerprint density at radius 3 is 2.96 bits per heavy atom. The standard InChI is InChI=1S/C22H24N4O/c1-27-20-9-4-6-17(12-20)21-13-23-14-22(25-21)18-7-5-11-26(15-18)16-19-8-2-3-10-24-19/h2-4,6,8-10,12-14,18H,5,7,11,15-16H2,1H3/t18-/m0/s1. The summed E-state index contributed by atoms with van der Waals surface area (Å²) in [6.07, 6.45) is 7.92. The second-order valence-electron chi connectivity index (χ2n) is 6.96. The van der Waals surface area contributed by atoms with Crippen LogP contribution in [-0.4, -0.2) is 40.1 Å². The molecule has 0 spiro atoms. The van der Waals surface area contributed by atoms with Crippen LogP contribution in [-0.2, 0) is 6.54 Å². The molecule has 1 aromatic carbocycles. The van der Waals surface area contributed by atoms with Crippen molar-refractivity contribution < 1.29 is 4.74 Å². The molecule has 27 heavy (non-hydrogen) atoms. The fourth-order valence-electron chi connectivity index (χ4n) is 3.66. The van der Waals surface area contributed by atoms with E-state index in [1.54, 1.807) is 7.11 Å². The van der Waals surface area contributed by atoms with Gasteiger partial charge in [-0.2, -0.15) is 0 Å². The van der Waals surface area contributed by atoms with E-state index in [-0.39, 0.29) is 0 Å². The number of rotatable bonds is 5. The summed E-state index contributed by atoms with van der Waals surface area (Å²) in [5, 5.41) is 0. The third-order valence-electron chi connectivity index (χ3n) is 5.05. The molecule has 0 aliphatic carbocycles. The van der Waals surface area contributed by atoms with Gasteiger partial charge in [-0.1, -0.05) is 18.2 Å². The molecule has 5 heteroatoms. The molecule has 1 aliphatic heterocycles. The maximum atomic E-state index is 5.33. The summed E-state index contributed by atoms with van der Waals surface area (Å²) in [6, 6.07) is 14.1. The summed E-state index contributed by atoms with van der Waals surface area (Å²) >= 11 is 0. The van der Waals surface area contributed by atoms with E-state index in [1.807, 2.05) is 55.0 Å². The summed E-state index contributed by atoms with van der Waals surface area (Å²) in [7, 11) is 1.68. The molecule has 1 fully saturated rings. The predicted molar refractivity (Wildman–Crippen MR) is 106 cm³/mol. The van der Waals surface area contributed by atoms with Crippen LogP contribution >= 0.6 is 0 Å². The Balaban J connectivity index is 1.51. The minimum absolute atomic E-state index is 0.403. The SMILES string of the molecule is COc1cccc(-c2cncc([C@H]3CCCN(Cc4ccccn4)C3)n2)c1. The molecule has 3 heterocycles. The van der Waals surface area contributed by atoms with Crippen molar-refractivity contribution in [2.45, 2.75) is 25.3 Å². The van der Waals surface area contributed by atoms with Gasteiger partial charge in [0, 0.05) is 37.0 Å². The molecule has 1 atom stereocenters. The van der Waals surface area contributed by atoms with E-state index in [1.165, 1.54) is 6.42 Å². The van der Waals surface area contributed by atoms with Gasteiger partial charge in [-0.15, -0.1) is 0 Å². The Kier molecular flexibility index (Phi) is 5.39. The fraction of sp³-hybridized carbons (Fsp3) is 0.318. The smallest absolute Gasteiger partial charge is 0.119 e. The molecule has 0 amide bonds. The summed E-state index contributed by atoms with van der Waals surface area (Å²) in [5.41, 5.74) is 4.12. The molecule has 0 bridgehead atoms. The molecule has 138 valence electrons. The van der Waals surface area contributed by atoms with Crippen LogP contribution in [0.5, 0.6) is 5.75 Å². The van der Waals surface area contributed by atoms with Gasteiger partial charge in [0.2, 0.25) is 0 Å². The largest absolute Gasteiger partial charge is 0.497 e. The lowest BCUT2D eigenvalue weighted by atomic mass is 9.94. The zero-order chi connectivity index (χ0) is 18.5. The molecule has 5 nitrogen and oxygen atoms in total. The van der Waals surface area contributed by atoms with Gasteiger partial charge in [-0.05, 0) is 43.7 Å². The number of pyridine rings is 1. The summed E-state index contributed by atoms with van der Waals surface area (Å²) < 4.78 is 5.33. The van der Waals surface area contributed by atoms with Crippen molar-refractivity contribution in [1.82, 2.24) is 19.9 Å². The van der Waals surface area contributed by atoms with E-state index in [4.69, 9.17) is 9.72 Å². The van der Waals surface area contributed by atoms with Crippen LogP contribution in [0.25, 0.3) is 11.3 Å². The summed E-state index contributed by atoms with van der Waals surface area (Å²) in [5.74, 6) is 1.24. The number of piperidine rings is 1. The highest BCUT2D eigenvalue weighted by Gasteiger charge is 2.23. The van der Waals surface area contributed by atoms with E-state index in [2.05, 4.69) is 20.9 Å². The first-order valence-corrected chi connectivity index (χ1v) is 9.40. The highest BCUT2D eigenvalue weighted by atomic mass is 16.5. The maximum Gasteiger partial charge on any atom is 0.119 e. The van der Waals surface area contributed by atoms with Crippen LogP contribution in [0, 0.1) is 0 Å². The van der Waals surface area contributed by atoms with Crippen LogP contribution in [0.2, 0.25) is 0 Å². The Hall–Kier alpha value is -2.79. The average Bonchev–Trinajstić information content (AvgIpc) is 2.75. The molecule has 1 saturated heterocycles. The molecular weight excluding hydrogens is 336 g/mol. The van der Waals surface area contributed by atoms with Crippen molar-refractivity contribution in [3.05, 3.63) is 72.4 Å². The maximum absolute atomic E-state index is 5.33. The molecule has 0 saturated carbocycles. The number of methoxy groups -OCH3 is 1. The monoisotopic (exact) mass is 360 g/mol. The third kappa shape index (κ3) is 4.31. The molecule has 1 aliphatic rings. The Morgan fingerprint density at radius 1 is 1.15 bits per heavy atom. The van der Waals surface area contributed by atoms with Gasteiger partial charge < -0.3 is 4.74 Å². The van der Waals surface area contributed by atoms with Crippen LogP contribution < -0.4 is 4.74 Å². The van der Waals surface area contributed by atoms with E-state index >= 15 is 0 Å². The second-order valence-corrected chi connectivity index (χ2v) is 6.96. The molecule has 3 aromatic rings. The zero-order valence-electron chi connectivity index (χ0n) is 15.6. The van der Waals surface area contributed by atoms with Crippen molar-refractivity contribution in [1.29, 1.82) is 0 Å². The normalized spacial score (nSPS) is 17.6. The van der Waals surface area contributed by atoms with E-state index in [0.717, 1.165) is 54.4 Å². The van der Waals surface area contributed by atoms with E-state index < -0.39 is 0 Å². The lowest BCUT2D eigenvalue weighted by Crippen LogP contribution is -2.34. The number of aromatic nitrogens is 3. The number of hydrogen-bond donors (Lipinski definition) is 0. The van der Waals surface area contributed by atoms with Gasteiger partial charge in [0.05, 0.1) is 30.4 Å². The first kappa shape index (κ1) is 17.6. The number of ether oxygens (including phenoxy) is 1. The lowest BCUT2D eigenvalue weighted by molar-refractivity contribution is 0.196. The molecule has 4 rings (SSSR count). The first-order chi connectivity index (χ1) is 13.3. The van der Waals surface area contributed by atoms with E-state index in [9.17, 15) is 0 Å². The molecule has 0 unspecified atom stereocenters. The van der Waals surface area contributed by atoms with Crippen LogP contribution in [0.3, 0.4) is 0 Å². The van der Waals surface area contributed by atoms with Crippen molar-refractivity contribution in [3.63, 3.8) is 0 Å². The Labute approximate surface area is 160 Å². The highest BCUT2D eigenvalue weighted by molar-refractivity contribution is 5.60. The van der Waals surface area contributed by atoms with Gasteiger partial charge in [0.25, 0.3) is 0 Å². The Morgan fingerprint density at radius 2 is 2.11 bits per heavy atom. The quantitative estimate of drug-likeness (QED) is 0.690. The summed E-state index contributed by atoms with van der Waals surface area (Å²) in [6.45, 7) is 2.99. The van der Waals surface area contributed by atoms with Crippen LogP contribution in [0.15, 0.2) is 61.1 Å². The number of nitrogens with zero attached hydrogens (tertiary/aromatic N) is 4. The number of hydrogen-bond acceptors (Lipinski definition) is 5. The van der Waals surface area contributed by atoms with Gasteiger partial charge in [-0.3, -0.25) is 14.9 Å². The van der Waals surface area contributed by atoms with Crippen molar-refractivity contribution >= 4 is 0 Å². The van der Waals surface area contributed by atoms with Gasteiger partial charge in [-0.25, -0.2) is 4.98 Å². The van der Waals surface area contributed by atoms with Crippen molar-refractivity contribution in [2.24, 2.45) is 0 Å². The minimum Gasteiger partial charge on any atom is -0.497 e. The lowest BCUT2D eigenvalue weighted by Gasteiger charge is -2.32. The fourth-order valence-corrected chi connectivity index (χ4v) is 3.66. The van der Waals surface area contributed by atoms with Gasteiger partial charge >= 0.3 is 0 Å². The third-order valence-corrected chi connectivity index (χ3v) is 5.05. The van der Waals surface area contributed by atoms with Crippen LogP contribution in [0.4, 0.5) is 0 Å². The van der Waals surface area contributed by atoms with Crippen molar-refractivity contribution in [3.8, 4) is 17.0 Å². The second kappa shape index (κ2) is 8.27. The minimum atomic E-state index is 0.403. The number of likely N-dealkylation sites (tertiary alicyclic amines) is 1. The summed E-state index contributed by atoms with van der Waals surface area (Å²) in [4.78, 5) is 16.3. The van der Waals surface area contributed by atoms with Gasteiger partial charge in [0.15, 0.2) is 0 Å². The molecule has 2 aromatic heterocycles. The molecule has 0 N–H and O–H groups in total. The van der Waals surface area contributed by atoms with E-state index in [0.29, 0.717) is 5.92 Å². The van der Waals surface area contributed by atoms with Crippen molar-refractivity contribution in [2.75, 3.05) is 20.2 Å². The first-order valence-electron chi connectivity index (χ1n) is 9.40. The van der Waals surface area contributed by atoms with Crippen LogP contribution in [0.1, 0.15) is 30.1 Å².